The Morgan fingerprint density at radius 1 is 1.14 bits per heavy atom. The van der Waals surface area contributed by atoms with Gasteiger partial charge in [0, 0.05) is 12.6 Å². The monoisotopic (exact) mass is 428 g/mol. The van der Waals surface area contributed by atoms with E-state index < -0.39 is 34.8 Å². The van der Waals surface area contributed by atoms with Crippen molar-refractivity contribution in [2.24, 2.45) is 11.3 Å². The van der Waals surface area contributed by atoms with Crippen LogP contribution in [-0.2, 0) is 0 Å². The van der Waals surface area contributed by atoms with Gasteiger partial charge >= 0.3 is 12.4 Å². The largest absolute Gasteiger partial charge is 0.407 e. The molecule has 2 nitrogen and oxygen atoms in total. The molecule has 2 atom stereocenters. The van der Waals surface area contributed by atoms with Gasteiger partial charge in [0.05, 0.1) is 0 Å². The molecule has 29 heavy (non-hydrogen) atoms. The summed E-state index contributed by atoms with van der Waals surface area (Å²) in [5.41, 5.74) is -4.85. The van der Waals surface area contributed by atoms with E-state index in [0.29, 0.717) is 19.3 Å². The van der Waals surface area contributed by atoms with Gasteiger partial charge in [-0.3, -0.25) is 0 Å². The lowest BCUT2D eigenvalue weighted by Gasteiger charge is -2.45. The molecule has 0 aromatic heterocycles. The number of nitrogens with one attached hydrogen (secondary N) is 2. The summed E-state index contributed by atoms with van der Waals surface area (Å²) >= 11 is 0. The Morgan fingerprint density at radius 2 is 1.76 bits per heavy atom. The first-order valence-electron chi connectivity index (χ1n) is 10.2. The third-order valence-corrected chi connectivity index (χ3v) is 6.20. The van der Waals surface area contributed by atoms with Gasteiger partial charge in [-0.2, -0.15) is 26.3 Å². The molecule has 0 saturated heterocycles. The minimum atomic E-state index is -5.43. The van der Waals surface area contributed by atoms with Crippen LogP contribution in [0.25, 0.3) is 0 Å². The van der Waals surface area contributed by atoms with Gasteiger partial charge in [0.15, 0.2) is 5.41 Å². The van der Waals surface area contributed by atoms with Crippen molar-refractivity contribution in [3.05, 3.63) is 23.9 Å². The zero-order chi connectivity index (χ0) is 22.3. The fraction of sp³-hybridized carbons (Fsp3) is 0.810. The van der Waals surface area contributed by atoms with E-state index in [2.05, 4.69) is 10.6 Å². The van der Waals surface area contributed by atoms with Crippen molar-refractivity contribution in [2.45, 2.75) is 83.1 Å². The molecule has 1 aliphatic rings. The Labute approximate surface area is 170 Å². The van der Waals surface area contributed by atoms with E-state index in [4.69, 9.17) is 0 Å². The van der Waals surface area contributed by atoms with E-state index in [1.54, 1.807) is 21.0 Å². The molecular formula is C21H34F6N2. The highest BCUT2D eigenvalue weighted by Crippen LogP contribution is 2.62. The number of rotatable bonds is 9. The van der Waals surface area contributed by atoms with E-state index in [1.165, 1.54) is 18.4 Å². The van der Waals surface area contributed by atoms with Crippen molar-refractivity contribution in [3.63, 3.8) is 0 Å². The van der Waals surface area contributed by atoms with Crippen LogP contribution in [0.15, 0.2) is 23.9 Å². The first-order chi connectivity index (χ1) is 13.4. The zero-order valence-corrected chi connectivity index (χ0v) is 17.7. The smallest absolute Gasteiger partial charge is 0.394 e. The number of hydrogen-bond donors (Lipinski definition) is 2. The molecule has 0 aromatic carbocycles. The molecule has 1 aliphatic carbocycles. The second-order valence-corrected chi connectivity index (χ2v) is 8.17. The Bertz CT molecular complexity index is 550. The molecule has 0 spiro atoms. The number of allylic oxidation sites excluding steroid dienone is 2. The lowest BCUT2D eigenvalue weighted by Crippen LogP contribution is -2.56. The van der Waals surface area contributed by atoms with Gasteiger partial charge in [-0.1, -0.05) is 31.9 Å². The van der Waals surface area contributed by atoms with Gasteiger partial charge in [-0.25, -0.2) is 0 Å². The lowest BCUT2D eigenvalue weighted by molar-refractivity contribution is -0.344. The number of halogens is 6. The van der Waals surface area contributed by atoms with Gasteiger partial charge in [0.2, 0.25) is 0 Å². The SMILES string of the molecule is CCCCC(C/C=C\NC)C(C1=CCC(C)(NC)CCC1)(C(F)(F)F)C(F)(F)F. The summed E-state index contributed by atoms with van der Waals surface area (Å²) in [5, 5.41) is 5.70. The lowest BCUT2D eigenvalue weighted by atomic mass is 9.64. The average molecular weight is 429 g/mol. The molecule has 0 aliphatic heterocycles. The maximum atomic E-state index is 14.4. The predicted octanol–water partition coefficient (Wildman–Crippen LogP) is 6.51. The van der Waals surface area contributed by atoms with Crippen LogP contribution in [0.4, 0.5) is 26.3 Å². The van der Waals surface area contributed by atoms with Crippen LogP contribution in [0.2, 0.25) is 0 Å². The number of unbranched alkanes of at least 4 members (excludes halogenated alkanes) is 1. The minimum Gasteiger partial charge on any atom is -0.394 e. The molecule has 2 N–H and O–H groups in total. The summed E-state index contributed by atoms with van der Waals surface area (Å²) in [6.45, 7) is 3.60. The van der Waals surface area contributed by atoms with Gasteiger partial charge in [-0.05, 0) is 70.2 Å². The topological polar surface area (TPSA) is 24.1 Å². The molecule has 0 radical (unpaired) electrons. The summed E-state index contributed by atoms with van der Waals surface area (Å²) in [5.74, 6) is -1.60. The van der Waals surface area contributed by atoms with E-state index in [9.17, 15) is 26.3 Å². The molecular weight excluding hydrogens is 394 g/mol. The van der Waals surface area contributed by atoms with Crippen LogP contribution in [0, 0.1) is 11.3 Å². The van der Waals surface area contributed by atoms with E-state index in [-0.39, 0.29) is 32.1 Å². The van der Waals surface area contributed by atoms with Gasteiger partial charge in [0.1, 0.15) is 0 Å². The van der Waals surface area contributed by atoms with Crippen molar-refractivity contribution >= 4 is 0 Å². The first-order valence-corrected chi connectivity index (χ1v) is 10.2. The van der Waals surface area contributed by atoms with Gasteiger partial charge < -0.3 is 10.6 Å². The molecule has 0 amide bonds. The second kappa shape index (κ2) is 10.2. The Balaban J connectivity index is 3.64. The molecule has 0 saturated carbocycles. The fourth-order valence-electron chi connectivity index (χ4n) is 4.37. The summed E-state index contributed by atoms with van der Waals surface area (Å²) in [6, 6.07) is 0. The molecule has 0 bridgehead atoms. The quantitative estimate of drug-likeness (QED) is 0.323. The molecule has 0 aromatic rings. The standard InChI is InChI=1S/C21H34F6N2/c1-5-6-9-16(11-8-15-28-3)19(20(22,23)24,21(25,26)27)17-10-7-13-18(2,29-4)14-12-17/h8,12,15-16,28-29H,5-7,9-11,13-14H2,1-4H3/b15-8-. The van der Waals surface area contributed by atoms with E-state index >= 15 is 0 Å². The average Bonchev–Trinajstić information content (AvgIpc) is 2.80. The van der Waals surface area contributed by atoms with E-state index in [0.717, 1.165) is 0 Å². The molecule has 0 fully saturated rings. The summed E-state index contributed by atoms with van der Waals surface area (Å²) in [7, 11) is 3.25. The van der Waals surface area contributed by atoms with E-state index in [1.807, 2.05) is 6.92 Å². The Morgan fingerprint density at radius 3 is 2.24 bits per heavy atom. The molecule has 8 heteroatoms. The molecule has 1 rings (SSSR count). The zero-order valence-electron chi connectivity index (χ0n) is 17.7. The van der Waals surface area contributed by atoms with Crippen LogP contribution in [0.5, 0.6) is 0 Å². The number of hydrogen-bond acceptors (Lipinski definition) is 2. The third-order valence-electron chi connectivity index (χ3n) is 6.20. The van der Waals surface area contributed by atoms with Crippen LogP contribution in [0.3, 0.4) is 0 Å². The maximum Gasteiger partial charge on any atom is 0.407 e. The summed E-state index contributed by atoms with van der Waals surface area (Å²) < 4.78 is 86.6. The normalized spacial score (nSPS) is 23.0. The summed E-state index contributed by atoms with van der Waals surface area (Å²) in [4.78, 5) is 0. The van der Waals surface area contributed by atoms with Gasteiger partial charge in [-0.15, -0.1) is 0 Å². The highest BCUT2D eigenvalue weighted by atomic mass is 19.4. The molecule has 2 unspecified atom stereocenters. The van der Waals surface area contributed by atoms with Crippen molar-refractivity contribution in [1.82, 2.24) is 10.6 Å². The maximum absolute atomic E-state index is 14.4. The van der Waals surface area contributed by atoms with Crippen molar-refractivity contribution in [1.29, 1.82) is 0 Å². The van der Waals surface area contributed by atoms with Gasteiger partial charge in [0.25, 0.3) is 0 Å². The van der Waals surface area contributed by atoms with Crippen molar-refractivity contribution < 1.29 is 26.3 Å². The van der Waals surface area contributed by atoms with Crippen LogP contribution in [0.1, 0.15) is 65.2 Å². The Hall–Kier alpha value is -1.18. The minimum absolute atomic E-state index is 0.135. The first kappa shape index (κ1) is 25.9. The third kappa shape index (κ3) is 5.70. The molecule has 0 heterocycles. The Kier molecular flexibility index (Phi) is 9.12. The summed E-state index contributed by atoms with van der Waals surface area (Å²) in [6.07, 6.45) is -5.70. The highest BCUT2D eigenvalue weighted by molar-refractivity contribution is 5.26. The fourth-order valence-corrected chi connectivity index (χ4v) is 4.37. The highest BCUT2D eigenvalue weighted by Gasteiger charge is 2.74. The van der Waals surface area contributed by atoms with Crippen molar-refractivity contribution in [3.8, 4) is 0 Å². The number of alkyl halides is 6. The van der Waals surface area contributed by atoms with Crippen molar-refractivity contribution in [2.75, 3.05) is 14.1 Å². The van der Waals surface area contributed by atoms with Crippen LogP contribution in [-0.4, -0.2) is 32.0 Å². The van der Waals surface area contributed by atoms with Crippen LogP contribution >= 0.6 is 0 Å². The predicted molar refractivity (Wildman–Crippen MR) is 104 cm³/mol. The molecule has 170 valence electrons. The second-order valence-electron chi connectivity index (χ2n) is 8.17. The van der Waals surface area contributed by atoms with Crippen LogP contribution < -0.4 is 10.6 Å².